The fourth-order valence-electron chi connectivity index (χ4n) is 2.27. The summed E-state index contributed by atoms with van der Waals surface area (Å²) in [5.41, 5.74) is 1.58. The Bertz CT molecular complexity index is 579. The number of pyridine rings is 1. The molecule has 1 aromatic heterocycles. The Balaban J connectivity index is 2.73. The molecular formula is C16H17ClFN. The van der Waals surface area contributed by atoms with E-state index in [1.54, 1.807) is 13.0 Å². The predicted octanol–water partition coefficient (Wildman–Crippen LogP) is 5.31. The summed E-state index contributed by atoms with van der Waals surface area (Å²) >= 11 is 6.03. The average Bonchev–Trinajstić information content (AvgIpc) is 2.38. The van der Waals surface area contributed by atoms with Gasteiger partial charge in [0.1, 0.15) is 10.8 Å². The van der Waals surface area contributed by atoms with E-state index < -0.39 is 5.67 Å². The second-order valence-electron chi connectivity index (χ2n) is 4.90. The van der Waals surface area contributed by atoms with Crippen LogP contribution >= 0.6 is 11.6 Å². The molecule has 1 heterocycles. The SMILES string of the molecule is CCC(C)(F)c1c(C)cc(Cl)nc1-c1ccccc1. The van der Waals surface area contributed by atoms with Crippen LogP contribution < -0.4 is 0 Å². The number of hydrogen-bond donors (Lipinski definition) is 0. The van der Waals surface area contributed by atoms with E-state index in [1.807, 2.05) is 44.2 Å². The molecule has 2 rings (SSSR count). The molecule has 0 aliphatic carbocycles. The van der Waals surface area contributed by atoms with Crippen molar-refractivity contribution in [2.24, 2.45) is 0 Å². The van der Waals surface area contributed by atoms with Gasteiger partial charge in [-0.3, -0.25) is 0 Å². The summed E-state index contributed by atoms with van der Waals surface area (Å²) < 4.78 is 14.8. The summed E-state index contributed by atoms with van der Waals surface area (Å²) in [6, 6.07) is 11.3. The normalized spacial score (nSPS) is 14.2. The molecular weight excluding hydrogens is 261 g/mol. The van der Waals surface area contributed by atoms with Crippen molar-refractivity contribution >= 4 is 11.6 Å². The van der Waals surface area contributed by atoms with Gasteiger partial charge in [0, 0.05) is 11.1 Å². The van der Waals surface area contributed by atoms with Crippen molar-refractivity contribution in [1.29, 1.82) is 0 Å². The van der Waals surface area contributed by atoms with Crippen LogP contribution in [0.15, 0.2) is 36.4 Å². The lowest BCUT2D eigenvalue weighted by Gasteiger charge is -2.24. The third kappa shape index (κ3) is 2.79. The maximum absolute atomic E-state index is 14.8. The zero-order valence-corrected chi connectivity index (χ0v) is 12.1. The highest BCUT2D eigenvalue weighted by molar-refractivity contribution is 6.29. The number of aryl methyl sites for hydroxylation is 1. The van der Waals surface area contributed by atoms with Gasteiger partial charge in [0.25, 0.3) is 0 Å². The number of alkyl halides is 1. The van der Waals surface area contributed by atoms with Gasteiger partial charge in [-0.15, -0.1) is 0 Å². The summed E-state index contributed by atoms with van der Waals surface area (Å²) in [6.45, 7) is 5.31. The third-order valence-electron chi connectivity index (χ3n) is 3.42. The molecule has 0 spiro atoms. The Morgan fingerprint density at radius 3 is 2.47 bits per heavy atom. The smallest absolute Gasteiger partial charge is 0.135 e. The monoisotopic (exact) mass is 277 g/mol. The van der Waals surface area contributed by atoms with E-state index in [1.165, 1.54) is 0 Å². The van der Waals surface area contributed by atoms with Crippen LogP contribution in [0.2, 0.25) is 5.15 Å². The van der Waals surface area contributed by atoms with Gasteiger partial charge >= 0.3 is 0 Å². The number of aromatic nitrogens is 1. The van der Waals surface area contributed by atoms with Crippen LogP contribution in [0.3, 0.4) is 0 Å². The van der Waals surface area contributed by atoms with Gasteiger partial charge in [-0.1, -0.05) is 48.9 Å². The van der Waals surface area contributed by atoms with Crippen molar-refractivity contribution < 1.29 is 4.39 Å². The zero-order chi connectivity index (χ0) is 14.0. The van der Waals surface area contributed by atoms with E-state index in [9.17, 15) is 4.39 Å². The molecule has 0 N–H and O–H groups in total. The maximum atomic E-state index is 14.8. The molecule has 0 aliphatic rings. The molecule has 1 aromatic carbocycles. The molecule has 0 saturated carbocycles. The first kappa shape index (κ1) is 14.0. The number of rotatable bonds is 3. The van der Waals surface area contributed by atoms with Crippen LogP contribution in [0.4, 0.5) is 4.39 Å². The van der Waals surface area contributed by atoms with E-state index >= 15 is 0 Å². The molecule has 2 aromatic rings. The number of hydrogen-bond acceptors (Lipinski definition) is 1. The molecule has 19 heavy (non-hydrogen) atoms. The minimum absolute atomic E-state index is 0.395. The van der Waals surface area contributed by atoms with Gasteiger partial charge in [0.2, 0.25) is 0 Å². The first-order valence-electron chi connectivity index (χ1n) is 6.37. The van der Waals surface area contributed by atoms with Crippen molar-refractivity contribution in [2.75, 3.05) is 0 Å². The van der Waals surface area contributed by atoms with Gasteiger partial charge in [0.15, 0.2) is 0 Å². The van der Waals surface area contributed by atoms with Crippen molar-refractivity contribution in [1.82, 2.24) is 4.98 Å². The summed E-state index contributed by atoms with van der Waals surface area (Å²) in [6.07, 6.45) is 0.400. The predicted molar refractivity (Wildman–Crippen MR) is 78.2 cm³/mol. The summed E-state index contributed by atoms with van der Waals surface area (Å²) in [5, 5.41) is 0.395. The Labute approximate surface area is 118 Å². The van der Waals surface area contributed by atoms with E-state index in [0.29, 0.717) is 22.8 Å². The Hall–Kier alpha value is -1.41. The van der Waals surface area contributed by atoms with Crippen LogP contribution in [-0.4, -0.2) is 4.98 Å². The topological polar surface area (TPSA) is 12.9 Å². The Kier molecular flexibility index (Phi) is 3.91. The van der Waals surface area contributed by atoms with Crippen molar-refractivity contribution in [2.45, 2.75) is 32.9 Å². The molecule has 0 amide bonds. The quantitative estimate of drug-likeness (QED) is 0.693. The van der Waals surface area contributed by atoms with E-state index in [0.717, 1.165) is 11.1 Å². The van der Waals surface area contributed by atoms with Gasteiger partial charge in [0.05, 0.1) is 5.69 Å². The van der Waals surface area contributed by atoms with Crippen molar-refractivity contribution in [3.8, 4) is 11.3 Å². The second-order valence-corrected chi connectivity index (χ2v) is 5.29. The molecule has 0 radical (unpaired) electrons. The third-order valence-corrected chi connectivity index (χ3v) is 3.61. The van der Waals surface area contributed by atoms with Gasteiger partial charge < -0.3 is 0 Å². The van der Waals surface area contributed by atoms with E-state index in [2.05, 4.69) is 4.98 Å². The fraction of sp³-hybridized carbons (Fsp3) is 0.312. The number of nitrogens with zero attached hydrogens (tertiary/aromatic N) is 1. The van der Waals surface area contributed by atoms with Gasteiger partial charge in [-0.05, 0) is 31.9 Å². The lowest BCUT2D eigenvalue weighted by Crippen LogP contribution is -2.17. The van der Waals surface area contributed by atoms with Gasteiger partial charge in [-0.2, -0.15) is 0 Å². The first-order valence-corrected chi connectivity index (χ1v) is 6.75. The Morgan fingerprint density at radius 1 is 1.26 bits per heavy atom. The van der Waals surface area contributed by atoms with Crippen LogP contribution in [0.5, 0.6) is 0 Å². The van der Waals surface area contributed by atoms with E-state index in [-0.39, 0.29) is 0 Å². The van der Waals surface area contributed by atoms with Gasteiger partial charge in [-0.25, -0.2) is 9.37 Å². The molecule has 100 valence electrons. The lowest BCUT2D eigenvalue weighted by molar-refractivity contribution is 0.185. The molecule has 0 fully saturated rings. The van der Waals surface area contributed by atoms with Crippen LogP contribution in [0.1, 0.15) is 31.4 Å². The summed E-state index contributed by atoms with van der Waals surface area (Å²) in [5.74, 6) is 0. The van der Waals surface area contributed by atoms with Crippen LogP contribution in [0, 0.1) is 6.92 Å². The highest BCUT2D eigenvalue weighted by Gasteiger charge is 2.30. The fourth-order valence-corrected chi connectivity index (χ4v) is 2.52. The highest BCUT2D eigenvalue weighted by atomic mass is 35.5. The average molecular weight is 278 g/mol. The van der Waals surface area contributed by atoms with E-state index in [4.69, 9.17) is 11.6 Å². The highest BCUT2D eigenvalue weighted by Crippen LogP contribution is 2.38. The molecule has 0 bridgehead atoms. The molecule has 1 nitrogen and oxygen atoms in total. The van der Waals surface area contributed by atoms with Crippen molar-refractivity contribution in [3.63, 3.8) is 0 Å². The summed E-state index contributed by atoms with van der Waals surface area (Å²) in [7, 11) is 0. The maximum Gasteiger partial charge on any atom is 0.135 e. The molecule has 0 aliphatic heterocycles. The van der Waals surface area contributed by atoms with Crippen molar-refractivity contribution in [3.05, 3.63) is 52.7 Å². The lowest BCUT2D eigenvalue weighted by atomic mass is 9.88. The van der Waals surface area contributed by atoms with Crippen LogP contribution in [0.25, 0.3) is 11.3 Å². The molecule has 0 saturated heterocycles. The van der Waals surface area contributed by atoms with Crippen LogP contribution in [-0.2, 0) is 5.67 Å². The minimum Gasteiger partial charge on any atom is -0.239 e. The standard InChI is InChI=1S/C16H17ClFN/c1-4-16(3,18)14-11(2)10-13(17)19-15(14)12-8-6-5-7-9-12/h5-10H,4H2,1-3H3. The number of halogens is 2. The largest absolute Gasteiger partial charge is 0.239 e. The summed E-state index contributed by atoms with van der Waals surface area (Å²) in [4.78, 5) is 4.34. The number of benzene rings is 1. The zero-order valence-electron chi connectivity index (χ0n) is 11.4. The first-order chi connectivity index (χ1) is 8.95. The minimum atomic E-state index is -1.41. The second kappa shape index (κ2) is 5.30. The Morgan fingerprint density at radius 2 is 1.89 bits per heavy atom. The molecule has 1 unspecified atom stereocenters. The molecule has 3 heteroatoms. The molecule has 1 atom stereocenters.